The van der Waals surface area contributed by atoms with E-state index in [1.807, 2.05) is 11.6 Å². The molecule has 128 valence electrons. The zero-order valence-corrected chi connectivity index (χ0v) is 15.1. The van der Waals surface area contributed by atoms with Gasteiger partial charge in [-0.2, -0.15) is 5.10 Å². The summed E-state index contributed by atoms with van der Waals surface area (Å²) in [5, 5.41) is 5.16. The topological polar surface area (TPSA) is 39.8 Å². The number of thiophene rings is 1. The molecule has 1 aromatic carbocycles. The Kier molecular flexibility index (Phi) is 3.72. The number of benzene rings is 1. The number of hydrogen-bond acceptors (Lipinski definition) is 3. The molecule has 4 nitrogen and oxygen atoms in total. The highest BCUT2D eigenvalue weighted by molar-refractivity contribution is 7.20. The van der Waals surface area contributed by atoms with Crippen molar-refractivity contribution in [3.8, 4) is 0 Å². The third-order valence-corrected chi connectivity index (χ3v) is 6.00. The minimum atomic E-state index is -0.328. The summed E-state index contributed by atoms with van der Waals surface area (Å²) in [6.07, 6.45) is 1.72. The Labute approximate surface area is 148 Å². The van der Waals surface area contributed by atoms with Crippen LogP contribution in [0, 0.1) is 5.82 Å². The van der Waals surface area contributed by atoms with E-state index in [1.54, 1.807) is 35.7 Å². The summed E-state index contributed by atoms with van der Waals surface area (Å²) in [7, 11) is 1.90. The molecule has 0 fully saturated rings. The quantitative estimate of drug-likeness (QED) is 0.551. The summed E-state index contributed by atoms with van der Waals surface area (Å²) in [6, 6.07) is 8.60. The first-order valence-corrected chi connectivity index (χ1v) is 9.00. The number of fused-ring (bicyclic) bond motifs is 3. The molecular weight excluding hydrogens is 337 g/mol. The molecular formula is C19H18FN3OS. The van der Waals surface area contributed by atoms with Crippen LogP contribution in [0.25, 0.3) is 21.1 Å². The molecule has 0 amide bonds. The molecule has 4 aromatic rings. The van der Waals surface area contributed by atoms with Crippen molar-refractivity contribution in [2.75, 3.05) is 0 Å². The van der Waals surface area contributed by atoms with E-state index in [0.29, 0.717) is 17.0 Å². The van der Waals surface area contributed by atoms with E-state index < -0.39 is 0 Å². The Morgan fingerprint density at radius 1 is 1.28 bits per heavy atom. The van der Waals surface area contributed by atoms with E-state index in [2.05, 4.69) is 25.0 Å². The maximum atomic E-state index is 13.9. The molecule has 0 aliphatic rings. The highest BCUT2D eigenvalue weighted by Crippen LogP contribution is 2.36. The van der Waals surface area contributed by atoms with Crippen LogP contribution in [-0.4, -0.2) is 14.3 Å². The summed E-state index contributed by atoms with van der Waals surface area (Å²) in [5.41, 5.74) is 1.92. The molecule has 0 spiro atoms. The number of nitrogens with zero attached hydrogens (tertiary/aromatic N) is 3. The van der Waals surface area contributed by atoms with Crippen LogP contribution in [-0.2, 0) is 13.6 Å². The Morgan fingerprint density at radius 2 is 2.04 bits per heavy atom. The number of aromatic nitrogens is 3. The number of aryl methyl sites for hydroxylation is 1. The van der Waals surface area contributed by atoms with Crippen molar-refractivity contribution in [3.05, 3.63) is 63.1 Å². The van der Waals surface area contributed by atoms with Crippen LogP contribution in [0.3, 0.4) is 0 Å². The van der Waals surface area contributed by atoms with Crippen LogP contribution < -0.4 is 5.56 Å². The molecule has 3 aromatic heterocycles. The van der Waals surface area contributed by atoms with Crippen LogP contribution in [0.2, 0.25) is 0 Å². The van der Waals surface area contributed by atoms with Gasteiger partial charge in [0.1, 0.15) is 11.3 Å². The molecule has 0 saturated carbocycles. The summed E-state index contributed by atoms with van der Waals surface area (Å²) in [6.45, 7) is 4.44. The molecule has 0 aliphatic heterocycles. The smallest absolute Gasteiger partial charge is 0.291 e. The molecule has 4 rings (SSSR count). The molecule has 3 heterocycles. The average Bonchev–Trinajstić information content (AvgIpc) is 3.12. The van der Waals surface area contributed by atoms with Gasteiger partial charge in [0.2, 0.25) is 0 Å². The van der Waals surface area contributed by atoms with E-state index in [4.69, 9.17) is 0 Å². The molecule has 0 radical (unpaired) electrons. The summed E-state index contributed by atoms with van der Waals surface area (Å²) < 4.78 is 18.2. The van der Waals surface area contributed by atoms with E-state index >= 15 is 0 Å². The highest BCUT2D eigenvalue weighted by Gasteiger charge is 2.18. The van der Waals surface area contributed by atoms with Gasteiger partial charge >= 0.3 is 0 Å². The predicted octanol–water partition coefficient (Wildman–Crippen LogP) is 4.26. The van der Waals surface area contributed by atoms with Gasteiger partial charge in [0.05, 0.1) is 23.0 Å². The second kappa shape index (κ2) is 5.81. The lowest BCUT2D eigenvalue weighted by atomic mass is 10.2. The van der Waals surface area contributed by atoms with Gasteiger partial charge in [-0.05, 0) is 18.1 Å². The molecule has 0 saturated heterocycles. The van der Waals surface area contributed by atoms with Crippen molar-refractivity contribution in [2.45, 2.75) is 26.3 Å². The molecule has 0 bridgehead atoms. The standard InChI is InChI=1S/C19H18FN3OS/c1-11(2)16-8-15-18(25-16)13-9-21-23(19(24)17(13)22(15)3)10-12-6-4-5-7-14(12)20/h4-9,11H,10H2,1-3H3. The average molecular weight is 355 g/mol. The third-order valence-electron chi connectivity index (χ3n) is 4.54. The second-order valence-corrected chi connectivity index (χ2v) is 7.62. The highest BCUT2D eigenvalue weighted by atomic mass is 32.1. The Bertz CT molecular complexity index is 1150. The van der Waals surface area contributed by atoms with Crippen LogP contribution in [0.5, 0.6) is 0 Å². The van der Waals surface area contributed by atoms with E-state index in [0.717, 1.165) is 15.6 Å². The van der Waals surface area contributed by atoms with Crippen LogP contribution >= 0.6 is 11.3 Å². The minimum absolute atomic E-state index is 0.123. The lowest BCUT2D eigenvalue weighted by molar-refractivity contribution is 0.574. The van der Waals surface area contributed by atoms with Crippen LogP contribution in [0.1, 0.15) is 30.2 Å². The first kappa shape index (κ1) is 16.0. The third kappa shape index (κ3) is 2.48. The van der Waals surface area contributed by atoms with Crippen molar-refractivity contribution < 1.29 is 4.39 Å². The fourth-order valence-corrected chi connectivity index (χ4v) is 4.32. The summed E-state index contributed by atoms with van der Waals surface area (Å²) in [5.74, 6) is 0.118. The predicted molar refractivity (Wildman–Crippen MR) is 99.9 cm³/mol. The fraction of sp³-hybridized carbons (Fsp3) is 0.263. The van der Waals surface area contributed by atoms with Crippen molar-refractivity contribution in [3.63, 3.8) is 0 Å². The molecule has 0 N–H and O–H groups in total. The monoisotopic (exact) mass is 355 g/mol. The summed E-state index contributed by atoms with van der Waals surface area (Å²) >= 11 is 1.71. The van der Waals surface area contributed by atoms with Crippen LogP contribution in [0.15, 0.2) is 41.3 Å². The fourth-order valence-electron chi connectivity index (χ4n) is 3.12. The Hall–Kier alpha value is -2.47. The number of hydrogen-bond donors (Lipinski definition) is 0. The first-order chi connectivity index (χ1) is 12.0. The van der Waals surface area contributed by atoms with Crippen molar-refractivity contribution in [1.29, 1.82) is 0 Å². The maximum Gasteiger partial charge on any atom is 0.291 e. The SMILES string of the molecule is CC(C)c1cc2c(s1)c1cnn(Cc3ccccc3F)c(=O)c1n2C. The lowest BCUT2D eigenvalue weighted by Crippen LogP contribution is -2.24. The van der Waals surface area contributed by atoms with Gasteiger partial charge in [-0.25, -0.2) is 9.07 Å². The van der Waals surface area contributed by atoms with Crippen LogP contribution in [0.4, 0.5) is 4.39 Å². The van der Waals surface area contributed by atoms with Gasteiger partial charge in [-0.1, -0.05) is 32.0 Å². The van der Waals surface area contributed by atoms with E-state index in [1.165, 1.54) is 15.6 Å². The molecule has 0 unspecified atom stereocenters. The maximum absolute atomic E-state index is 13.9. The Morgan fingerprint density at radius 3 is 2.76 bits per heavy atom. The van der Waals surface area contributed by atoms with Crippen molar-refractivity contribution in [2.24, 2.45) is 7.05 Å². The van der Waals surface area contributed by atoms with Crippen molar-refractivity contribution in [1.82, 2.24) is 14.3 Å². The van der Waals surface area contributed by atoms with Gasteiger partial charge in [-0.15, -0.1) is 11.3 Å². The molecule has 6 heteroatoms. The van der Waals surface area contributed by atoms with Gasteiger partial charge in [0.25, 0.3) is 5.56 Å². The lowest BCUT2D eigenvalue weighted by Gasteiger charge is -2.07. The zero-order valence-electron chi connectivity index (χ0n) is 14.3. The molecule has 0 atom stereocenters. The van der Waals surface area contributed by atoms with Gasteiger partial charge < -0.3 is 4.57 Å². The van der Waals surface area contributed by atoms with Crippen molar-refractivity contribution >= 4 is 32.5 Å². The van der Waals surface area contributed by atoms with Gasteiger partial charge in [0.15, 0.2) is 0 Å². The van der Waals surface area contributed by atoms with E-state index in [9.17, 15) is 9.18 Å². The second-order valence-electron chi connectivity index (χ2n) is 6.54. The Balaban J connectivity index is 1.90. The van der Waals surface area contributed by atoms with E-state index in [-0.39, 0.29) is 17.9 Å². The first-order valence-electron chi connectivity index (χ1n) is 8.18. The van der Waals surface area contributed by atoms with Gasteiger partial charge in [0, 0.05) is 22.9 Å². The summed E-state index contributed by atoms with van der Waals surface area (Å²) in [4.78, 5) is 14.2. The largest absolute Gasteiger partial charge is 0.338 e. The minimum Gasteiger partial charge on any atom is -0.338 e. The molecule has 25 heavy (non-hydrogen) atoms. The number of halogens is 1. The zero-order chi connectivity index (χ0) is 17.7. The normalized spacial score (nSPS) is 11.9. The molecule has 0 aliphatic carbocycles. The van der Waals surface area contributed by atoms with Gasteiger partial charge in [-0.3, -0.25) is 4.79 Å². The number of rotatable bonds is 3.